The first-order valence-electron chi connectivity index (χ1n) is 7.86. The molecule has 0 aromatic rings. The molecular weight excluding hydrogens is 270 g/mol. The van der Waals surface area contributed by atoms with Crippen molar-refractivity contribution in [2.24, 2.45) is 5.92 Å². The number of ether oxygens (including phenoxy) is 1. The van der Waals surface area contributed by atoms with E-state index in [2.05, 4.69) is 23.6 Å². The quantitative estimate of drug-likeness (QED) is 0.760. The van der Waals surface area contributed by atoms with E-state index in [0.29, 0.717) is 31.6 Å². The molecule has 2 fully saturated rings. The monoisotopic (exact) mass is 297 g/mol. The summed E-state index contributed by atoms with van der Waals surface area (Å²) in [5, 5.41) is 0. The molecule has 6 nitrogen and oxygen atoms in total. The maximum Gasteiger partial charge on any atom is 0.409 e. The van der Waals surface area contributed by atoms with Crippen LogP contribution in [0.25, 0.3) is 0 Å². The van der Waals surface area contributed by atoms with Gasteiger partial charge in [-0.15, -0.1) is 0 Å². The molecule has 0 aromatic heterocycles. The van der Waals surface area contributed by atoms with Gasteiger partial charge in [-0.05, 0) is 18.8 Å². The zero-order valence-electron chi connectivity index (χ0n) is 13.4. The Morgan fingerprint density at radius 2 is 1.81 bits per heavy atom. The summed E-state index contributed by atoms with van der Waals surface area (Å²) in [6, 6.07) is 0.469. The number of carbonyl (C=O) groups excluding carboxylic acids is 2. The molecular formula is C15H27N3O3. The van der Waals surface area contributed by atoms with E-state index in [1.165, 1.54) is 7.11 Å². The lowest BCUT2D eigenvalue weighted by Gasteiger charge is -2.35. The highest BCUT2D eigenvalue weighted by Gasteiger charge is 2.33. The molecule has 0 unspecified atom stereocenters. The van der Waals surface area contributed by atoms with E-state index < -0.39 is 0 Å². The van der Waals surface area contributed by atoms with Gasteiger partial charge in [0.05, 0.1) is 13.7 Å². The van der Waals surface area contributed by atoms with Crippen molar-refractivity contribution < 1.29 is 14.3 Å². The minimum Gasteiger partial charge on any atom is -0.453 e. The fourth-order valence-corrected chi connectivity index (χ4v) is 2.73. The number of methoxy groups -OCH3 is 1. The number of piperazine rings is 1. The second-order valence-corrected chi connectivity index (χ2v) is 6.40. The fourth-order valence-electron chi connectivity index (χ4n) is 2.73. The van der Waals surface area contributed by atoms with Crippen LogP contribution in [-0.4, -0.2) is 79.1 Å². The Balaban J connectivity index is 1.79. The third-order valence-electron chi connectivity index (χ3n) is 4.03. The van der Waals surface area contributed by atoms with Gasteiger partial charge in [0.2, 0.25) is 5.91 Å². The summed E-state index contributed by atoms with van der Waals surface area (Å²) in [7, 11) is 1.40. The van der Waals surface area contributed by atoms with Crippen molar-refractivity contribution in [1.82, 2.24) is 14.7 Å². The third kappa shape index (κ3) is 4.59. The number of carbonyl (C=O) groups is 2. The molecule has 0 atom stereocenters. The number of hydrogen-bond donors (Lipinski definition) is 0. The number of hydrogen-bond acceptors (Lipinski definition) is 4. The molecule has 2 aliphatic rings. The van der Waals surface area contributed by atoms with Crippen LogP contribution >= 0.6 is 0 Å². The van der Waals surface area contributed by atoms with Crippen molar-refractivity contribution in [3.8, 4) is 0 Å². The van der Waals surface area contributed by atoms with Crippen molar-refractivity contribution in [2.45, 2.75) is 32.7 Å². The smallest absolute Gasteiger partial charge is 0.409 e. The Labute approximate surface area is 127 Å². The molecule has 1 saturated carbocycles. The van der Waals surface area contributed by atoms with Crippen LogP contribution in [0.2, 0.25) is 0 Å². The summed E-state index contributed by atoms with van der Waals surface area (Å²) in [6.45, 7) is 8.36. The first kappa shape index (κ1) is 16.1. The lowest BCUT2D eigenvalue weighted by atomic mass is 10.2. The Morgan fingerprint density at radius 3 is 2.29 bits per heavy atom. The van der Waals surface area contributed by atoms with Crippen LogP contribution in [0.15, 0.2) is 0 Å². The first-order valence-corrected chi connectivity index (χ1v) is 7.86. The molecule has 6 heteroatoms. The van der Waals surface area contributed by atoms with Crippen molar-refractivity contribution in [3.63, 3.8) is 0 Å². The van der Waals surface area contributed by atoms with Gasteiger partial charge in [-0.25, -0.2) is 4.79 Å². The molecule has 120 valence electrons. The van der Waals surface area contributed by atoms with Gasteiger partial charge in [-0.2, -0.15) is 0 Å². The van der Waals surface area contributed by atoms with Gasteiger partial charge in [0, 0.05) is 38.8 Å². The zero-order valence-corrected chi connectivity index (χ0v) is 13.4. The van der Waals surface area contributed by atoms with Crippen LogP contribution in [0.3, 0.4) is 0 Å². The van der Waals surface area contributed by atoms with E-state index in [1.807, 2.05) is 0 Å². The van der Waals surface area contributed by atoms with E-state index in [9.17, 15) is 9.59 Å². The third-order valence-corrected chi connectivity index (χ3v) is 4.03. The van der Waals surface area contributed by atoms with Gasteiger partial charge in [0.1, 0.15) is 0 Å². The van der Waals surface area contributed by atoms with Gasteiger partial charge in [-0.3, -0.25) is 9.69 Å². The number of amides is 2. The lowest BCUT2D eigenvalue weighted by Crippen LogP contribution is -2.52. The molecule has 1 aliphatic heterocycles. The first-order chi connectivity index (χ1) is 10.0. The molecule has 1 heterocycles. The van der Waals surface area contributed by atoms with Crippen LogP contribution < -0.4 is 0 Å². The van der Waals surface area contributed by atoms with E-state index in [4.69, 9.17) is 4.74 Å². The van der Waals surface area contributed by atoms with E-state index in [0.717, 1.165) is 32.5 Å². The zero-order chi connectivity index (χ0) is 15.4. The largest absolute Gasteiger partial charge is 0.453 e. The maximum atomic E-state index is 12.5. The summed E-state index contributed by atoms with van der Waals surface area (Å²) >= 11 is 0. The van der Waals surface area contributed by atoms with Crippen LogP contribution in [0.1, 0.15) is 26.7 Å². The topological polar surface area (TPSA) is 53.1 Å². The second kappa shape index (κ2) is 7.11. The number of nitrogens with zero attached hydrogens (tertiary/aromatic N) is 3. The molecule has 0 bridgehead atoms. The summed E-state index contributed by atoms with van der Waals surface area (Å²) < 4.78 is 4.72. The summed E-state index contributed by atoms with van der Waals surface area (Å²) in [5.74, 6) is 0.739. The van der Waals surface area contributed by atoms with Crippen LogP contribution in [0.4, 0.5) is 4.79 Å². The van der Waals surface area contributed by atoms with Gasteiger partial charge in [0.25, 0.3) is 0 Å². The summed E-state index contributed by atoms with van der Waals surface area (Å²) in [5.41, 5.74) is 0. The molecule has 1 saturated heterocycles. The predicted molar refractivity (Wildman–Crippen MR) is 80.0 cm³/mol. The average Bonchev–Trinajstić information content (AvgIpc) is 3.29. The Kier molecular flexibility index (Phi) is 5.45. The predicted octanol–water partition coefficient (Wildman–Crippen LogP) is 1.02. The molecule has 2 rings (SSSR count). The van der Waals surface area contributed by atoms with Gasteiger partial charge in [0.15, 0.2) is 0 Å². The fraction of sp³-hybridized carbons (Fsp3) is 0.867. The molecule has 2 amide bonds. The van der Waals surface area contributed by atoms with Crippen molar-refractivity contribution >= 4 is 12.0 Å². The van der Waals surface area contributed by atoms with Crippen LogP contribution in [0.5, 0.6) is 0 Å². The van der Waals surface area contributed by atoms with E-state index in [-0.39, 0.29) is 12.0 Å². The van der Waals surface area contributed by atoms with Gasteiger partial charge < -0.3 is 14.5 Å². The molecule has 0 spiro atoms. The molecule has 0 N–H and O–H groups in total. The minimum absolute atomic E-state index is 0.234. The average molecular weight is 297 g/mol. The highest BCUT2D eigenvalue weighted by molar-refractivity contribution is 5.79. The van der Waals surface area contributed by atoms with E-state index in [1.54, 1.807) is 4.90 Å². The molecule has 21 heavy (non-hydrogen) atoms. The minimum atomic E-state index is -0.277. The van der Waals surface area contributed by atoms with Gasteiger partial charge in [-0.1, -0.05) is 13.8 Å². The molecule has 1 aliphatic carbocycles. The van der Waals surface area contributed by atoms with Gasteiger partial charge >= 0.3 is 6.09 Å². The van der Waals surface area contributed by atoms with Crippen LogP contribution in [0, 0.1) is 5.92 Å². The maximum absolute atomic E-state index is 12.5. The number of rotatable bonds is 5. The Morgan fingerprint density at radius 1 is 1.19 bits per heavy atom. The highest BCUT2D eigenvalue weighted by atomic mass is 16.5. The summed E-state index contributed by atoms with van der Waals surface area (Å²) in [6.07, 6.45) is 2.02. The van der Waals surface area contributed by atoms with Crippen molar-refractivity contribution in [1.29, 1.82) is 0 Å². The molecule has 0 aromatic carbocycles. The molecule has 0 radical (unpaired) electrons. The second-order valence-electron chi connectivity index (χ2n) is 6.40. The SMILES string of the molecule is COC(=O)N1CCN(CC(=O)N(CC(C)C)C2CC2)CC1. The van der Waals surface area contributed by atoms with Crippen LogP contribution in [-0.2, 0) is 9.53 Å². The van der Waals surface area contributed by atoms with E-state index >= 15 is 0 Å². The highest BCUT2D eigenvalue weighted by Crippen LogP contribution is 2.27. The summed E-state index contributed by atoms with van der Waals surface area (Å²) in [4.78, 5) is 29.8. The lowest BCUT2D eigenvalue weighted by molar-refractivity contribution is -0.133. The van der Waals surface area contributed by atoms with Crippen molar-refractivity contribution in [2.75, 3.05) is 46.4 Å². The van der Waals surface area contributed by atoms with Crippen molar-refractivity contribution in [3.05, 3.63) is 0 Å². The Bertz CT molecular complexity index is 374. The standard InChI is InChI=1S/C15H27N3O3/c1-12(2)10-18(13-4-5-13)14(19)11-16-6-8-17(9-7-16)15(20)21-3/h12-13H,4-11H2,1-3H3. The Hall–Kier alpha value is -1.30. The normalized spacial score (nSPS) is 19.7.